The van der Waals surface area contributed by atoms with Gasteiger partial charge in [-0.2, -0.15) is 0 Å². The van der Waals surface area contributed by atoms with Crippen molar-refractivity contribution in [2.75, 3.05) is 11.9 Å². The molecule has 1 aliphatic rings. The van der Waals surface area contributed by atoms with Crippen molar-refractivity contribution in [3.05, 3.63) is 54.1 Å². The first kappa shape index (κ1) is 17.4. The van der Waals surface area contributed by atoms with E-state index in [-0.39, 0.29) is 23.5 Å². The minimum atomic E-state index is -3.70. The van der Waals surface area contributed by atoms with Gasteiger partial charge >= 0.3 is 0 Å². The number of carbonyl (C=O) groups excluding carboxylic acids is 1. The Bertz CT molecular complexity index is 866. The van der Waals surface area contributed by atoms with Crippen LogP contribution >= 0.6 is 0 Å². The van der Waals surface area contributed by atoms with Crippen LogP contribution in [0.5, 0.6) is 5.75 Å². The van der Waals surface area contributed by atoms with Gasteiger partial charge in [0.25, 0.3) is 5.91 Å². The predicted molar refractivity (Wildman–Crippen MR) is 95.1 cm³/mol. The Morgan fingerprint density at radius 2 is 1.96 bits per heavy atom. The molecule has 2 N–H and O–H groups in total. The van der Waals surface area contributed by atoms with Crippen molar-refractivity contribution in [1.82, 2.24) is 4.72 Å². The van der Waals surface area contributed by atoms with E-state index in [1.807, 2.05) is 37.3 Å². The lowest BCUT2D eigenvalue weighted by Gasteiger charge is -2.20. The van der Waals surface area contributed by atoms with Crippen LogP contribution in [0.2, 0.25) is 0 Å². The van der Waals surface area contributed by atoms with Gasteiger partial charge in [-0.05, 0) is 36.6 Å². The Balaban J connectivity index is 1.78. The molecule has 1 atom stereocenters. The quantitative estimate of drug-likeness (QED) is 0.828. The summed E-state index contributed by atoms with van der Waals surface area (Å²) in [7, 11) is -3.70. The minimum Gasteiger partial charge on any atom is -0.482 e. The van der Waals surface area contributed by atoms with Crippen molar-refractivity contribution in [3.8, 4) is 5.75 Å². The number of ether oxygens (including phenoxy) is 1. The standard InChI is InChI=1S/C18H20N2O4S/c1-2-14(10-13-6-4-3-5-7-13)20-25(22,23)15-8-9-17-16(11-15)19-18(21)12-24-17/h3-9,11,14,20H,2,10,12H2,1H3,(H,19,21)/t14-/m1/s1. The van der Waals surface area contributed by atoms with Crippen LogP contribution in [0.3, 0.4) is 0 Å². The van der Waals surface area contributed by atoms with E-state index in [4.69, 9.17) is 4.74 Å². The smallest absolute Gasteiger partial charge is 0.262 e. The maximum Gasteiger partial charge on any atom is 0.262 e. The van der Waals surface area contributed by atoms with Crippen molar-refractivity contribution in [3.63, 3.8) is 0 Å². The molecule has 25 heavy (non-hydrogen) atoms. The number of sulfonamides is 1. The first-order valence-corrected chi connectivity index (χ1v) is 9.59. The molecule has 0 unspecified atom stereocenters. The molecule has 3 rings (SSSR count). The van der Waals surface area contributed by atoms with Crippen molar-refractivity contribution >= 4 is 21.6 Å². The average molecular weight is 360 g/mol. The van der Waals surface area contributed by atoms with Crippen LogP contribution in [0.4, 0.5) is 5.69 Å². The van der Waals surface area contributed by atoms with E-state index in [9.17, 15) is 13.2 Å². The van der Waals surface area contributed by atoms with Crippen LogP contribution in [0.1, 0.15) is 18.9 Å². The summed E-state index contributed by atoms with van der Waals surface area (Å²) in [6.07, 6.45) is 1.28. The third-order valence-corrected chi connectivity index (χ3v) is 5.55. The molecule has 1 heterocycles. The Kier molecular flexibility index (Phi) is 5.06. The summed E-state index contributed by atoms with van der Waals surface area (Å²) in [4.78, 5) is 11.5. The number of carbonyl (C=O) groups is 1. The second kappa shape index (κ2) is 7.25. The molecule has 1 amide bonds. The zero-order valence-electron chi connectivity index (χ0n) is 13.9. The van der Waals surface area contributed by atoms with Crippen LogP contribution in [0.15, 0.2) is 53.4 Å². The molecule has 2 aromatic carbocycles. The lowest BCUT2D eigenvalue weighted by atomic mass is 10.1. The summed E-state index contributed by atoms with van der Waals surface area (Å²) < 4.78 is 33.4. The maximum atomic E-state index is 12.7. The molecule has 0 saturated carbocycles. The van der Waals surface area contributed by atoms with Gasteiger partial charge in [0.05, 0.1) is 10.6 Å². The Labute approximate surface area is 147 Å². The SMILES string of the molecule is CC[C@H](Cc1ccccc1)NS(=O)(=O)c1ccc2c(c1)NC(=O)CO2. The van der Waals surface area contributed by atoms with Crippen molar-refractivity contribution in [1.29, 1.82) is 0 Å². The molecule has 0 bridgehead atoms. The van der Waals surface area contributed by atoms with Crippen LogP contribution in [0, 0.1) is 0 Å². The van der Waals surface area contributed by atoms with Gasteiger partial charge in [0, 0.05) is 6.04 Å². The highest BCUT2D eigenvalue weighted by Gasteiger charge is 2.23. The number of hydrogen-bond acceptors (Lipinski definition) is 4. The highest BCUT2D eigenvalue weighted by atomic mass is 32.2. The molecule has 132 valence electrons. The first-order chi connectivity index (χ1) is 12.0. The molecule has 7 heteroatoms. The number of nitrogens with one attached hydrogen (secondary N) is 2. The second-order valence-corrected chi connectivity index (χ2v) is 7.62. The van der Waals surface area contributed by atoms with Gasteiger partial charge in [-0.25, -0.2) is 13.1 Å². The molecule has 2 aromatic rings. The van der Waals surface area contributed by atoms with Crippen molar-refractivity contribution < 1.29 is 17.9 Å². The Morgan fingerprint density at radius 3 is 2.68 bits per heavy atom. The number of anilines is 1. The summed E-state index contributed by atoms with van der Waals surface area (Å²) >= 11 is 0. The third kappa shape index (κ3) is 4.18. The van der Waals surface area contributed by atoms with Crippen LogP contribution in [0.25, 0.3) is 0 Å². The van der Waals surface area contributed by atoms with E-state index >= 15 is 0 Å². The molecule has 0 spiro atoms. The lowest BCUT2D eigenvalue weighted by molar-refractivity contribution is -0.118. The topological polar surface area (TPSA) is 84.5 Å². The van der Waals surface area contributed by atoms with Gasteiger partial charge in [-0.1, -0.05) is 37.3 Å². The molecule has 0 radical (unpaired) electrons. The highest BCUT2D eigenvalue weighted by Crippen LogP contribution is 2.30. The summed E-state index contributed by atoms with van der Waals surface area (Å²) in [5.41, 5.74) is 1.44. The summed E-state index contributed by atoms with van der Waals surface area (Å²) in [5.74, 6) is 0.167. The molecule has 6 nitrogen and oxygen atoms in total. The van der Waals surface area contributed by atoms with E-state index in [1.54, 1.807) is 6.07 Å². The van der Waals surface area contributed by atoms with E-state index in [1.165, 1.54) is 12.1 Å². The fourth-order valence-electron chi connectivity index (χ4n) is 2.68. The Hall–Kier alpha value is -2.38. The first-order valence-electron chi connectivity index (χ1n) is 8.11. The summed E-state index contributed by atoms with van der Waals surface area (Å²) in [6.45, 7) is 1.88. The molecule has 0 aromatic heterocycles. The fraction of sp³-hybridized carbons (Fsp3) is 0.278. The summed E-state index contributed by atoms with van der Waals surface area (Å²) in [6, 6.07) is 14.0. The second-order valence-electron chi connectivity index (χ2n) is 5.91. The van der Waals surface area contributed by atoms with E-state index in [2.05, 4.69) is 10.0 Å². The van der Waals surface area contributed by atoms with Crippen LogP contribution < -0.4 is 14.8 Å². The van der Waals surface area contributed by atoms with Gasteiger partial charge in [-0.15, -0.1) is 0 Å². The van der Waals surface area contributed by atoms with Crippen LogP contribution in [-0.4, -0.2) is 27.0 Å². The monoisotopic (exact) mass is 360 g/mol. The maximum absolute atomic E-state index is 12.7. The zero-order valence-corrected chi connectivity index (χ0v) is 14.7. The van der Waals surface area contributed by atoms with E-state index in [0.29, 0.717) is 24.3 Å². The van der Waals surface area contributed by atoms with Crippen molar-refractivity contribution in [2.45, 2.75) is 30.7 Å². The molecular formula is C18H20N2O4S. The molecule has 0 saturated heterocycles. The van der Waals surface area contributed by atoms with Gasteiger partial charge in [0.1, 0.15) is 5.75 Å². The van der Waals surface area contributed by atoms with Gasteiger partial charge in [0.15, 0.2) is 6.61 Å². The van der Waals surface area contributed by atoms with Gasteiger partial charge in [-0.3, -0.25) is 4.79 Å². The van der Waals surface area contributed by atoms with Gasteiger partial charge in [0.2, 0.25) is 10.0 Å². The van der Waals surface area contributed by atoms with Gasteiger partial charge < -0.3 is 10.1 Å². The molecule has 0 fully saturated rings. The fourth-order valence-corrected chi connectivity index (χ4v) is 4.03. The largest absolute Gasteiger partial charge is 0.482 e. The minimum absolute atomic E-state index is 0.0632. The predicted octanol–water partition coefficient (Wildman–Crippen LogP) is 2.32. The average Bonchev–Trinajstić information content (AvgIpc) is 2.61. The van der Waals surface area contributed by atoms with E-state index < -0.39 is 10.0 Å². The molecule has 1 aliphatic heterocycles. The van der Waals surface area contributed by atoms with E-state index in [0.717, 1.165) is 5.56 Å². The third-order valence-electron chi connectivity index (χ3n) is 4.03. The normalized spacial score (nSPS) is 15.0. The number of fused-ring (bicyclic) bond motifs is 1. The number of hydrogen-bond donors (Lipinski definition) is 2. The molecular weight excluding hydrogens is 340 g/mol. The number of benzene rings is 2. The molecule has 0 aliphatic carbocycles. The number of rotatable bonds is 6. The highest BCUT2D eigenvalue weighted by molar-refractivity contribution is 7.89. The Morgan fingerprint density at radius 1 is 1.20 bits per heavy atom. The lowest BCUT2D eigenvalue weighted by Crippen LogP contribution is -2.36. The summed E-state index contributed by atoms with van der Waals surface area (Å²) in [5, 5.41) is 2.62. The zero-order chi connectivity index (χ0) is 17.9. The van der Waals surface area contributed by atoms with Crippen molar-refractivity contribution in [2.24, 2.45) is 0 Å². The number of amides is 1. The van der Waals surface area contributed by atoms with Crippen LogP contribution in [-0.2, 0) is 21.2 Å².